The Balaban J connectivity index is 2.08. The molecule has 0 aliphatic heterocycles. The molecule has 2 rings (SSSR count). The molecule has 1 fully saturated rings. The van der Waals surface area contributed by atoms with Gasteiger partial charge in [-0.3, -0.25) is 4.79 Å². The molecule has 0 spiro atoms. The summed E-state index contributed by atoms with van der Waals surface area (Å²) in [5, 5.41) is 9.18. The van der Waals surface area contributed by atoms with E-state index in [1.165, 1.54) is 18.9 Å². The zero-order valence-corrected chi connectivity index (χ0v) is 12.0. The molecule has 0 bridgehead atoms. The summed E-state index contributed by atoms with van der Waals surface area (Å²) in [7, 11) is 1.38. The van der Waals surface area contributed by atoms with Crippen LogP contribution >= 0.6 is 11.8 Å². The molecule has 1 aromatic rings. The Morgan fingerprint density at radius 3 is 2.70 bits per heavy atom. The predicted molar refractivity (Wildman–Crippen MR) is 76.8 cm³/mol. The molecule has 108 valence electrons. The van der Waals surface area contributed by atoms with Gasteiger partial charge in [-0.2, -0.15) is 0 Å². The number of esters is 1. The number of aromatic carboxylic acids is 1. The normalized spacial score (nSPS) is 15.7. The quantitative estimate of drug-likeness (QED) is 0.476. The number of rotatable bonds is 6. The molecule has 1 aliphatic carbocycles. The van der Waals surface area contributed by atoms with Gasteiger partial charge in [-0.15, -0.1) is 11.8 Å². The Morgan fingerprint density at radius 1 is 1.45 bits per heavy atom. The molecule has 20 heavy (non-hydrogen) atoms. The molecule has 0 aromatic heterocycles. The molecule has 0 heterocycles. The van der Waals surface area contributed by atoms with Crippen molar-refractivity contribution in [2.75, 3.05) is 18.6 Å². The number of benzene rings is 1. The number of anilines is 1. The van der Waals surface area contributed by atoms with Gasteiger partial charge in [0, 0.05) is 16.3 Å². The lowest BCUT2D eigenvalue weighted by atomic mass is 10.1. The predicted octanol–water partition coefficient (Wildman–Crippen LogP) is 2.40. The molecular formula is C14H17NO4S. The molecule has 0 amide bonds. The number of nitrogens with two attached hydrogens (primary N) is 1. The topological polar surface area (TPSA) is 89.6 Å². The van der Waals surface area contributed by atoms with Gasteiger partial charge in [0.25, 0.3) is 0 Å². The van der Waals surface area contributed by atoms with Crippen LogP contribution in [0, 0.1) is 5.41 Å². The average molecular weight is 295 g/mol. The molecule has 0 unspecified atom stereocenters. The fourth-order valence-electron chi connectivity index (χ4n) is 2.04. The molecule has 3 N–H and O–H groups in total. The van der Waals surface area contributed by atoms with Crippen molar-refractivity contribution in [2.24, 2.45) is 5.41 Å². The van der Waals surface area contributed by atoms with Crippen LogP contribution < -0.4 is 5.73 Å². The molecule has 6 heteroatoms. The Labute approximate surface area is 121 Å². The van der Waals surface area contributed by atoms with Crippen LogP contribution in [0.25, 0.3) is 0 Å². The summed E-state index contributed by atoms with van der Waals surface area (Å²) in [4.78, 5) is 23.1. The summed E-state index contributed by atoms with van der Waals surface area (Å²) in [6.07, 6.45) is 2.31. The number of thioether (sulfide) groups is 1. The highest BCUT2D eigenvalue weighted by atomic mass is 32.2. The van der Waals surface area contributed by atoms with Crippen molar-refractivity contribution in [3.05, 3.63) is 23.8 Å². The van der Waals surface area contributed by atoms with Crippen molar-refractivity contribution >= 4 is 29.4 Å². The van der Waals surface area contributed by atoms with Crippen LogP contribution in [0.5, 0.6) is 0 Å². The molecule has 1 saturated carbocycles. The van der Waals surface area contributed by atoms with Crippen LogP contribution in [0.2, 0.25) is 0 Å². The number of carbonyl (C=O) groups is 2. The first-order valence-corrected chi connectivity index (χ1v) is 7.27. The van der Waals surface area contributed by atoms with E-state index >= 15 is 0 Å². The van der Waals surface area contributed by atoms with Gasteiger partial charge in [0.1, 0.15) is 0 Å². The van der Waals surface area contributed by atoms with Crippen LogP contribution in [0.15, 0.2) is 23.1 Å². The number of nitrogen functional groups attached to an aromatic ring is 1. The van der Waals surface area contributed by atoms with Crippen LogP contribution in [0.3, 0.4) is 0 Å². The highest BCUT2D eigenvalue weighted by Gasteiger charge is 2.44. The minimum atomic E-state index is -0.988. The maximum Gasteiger partial charge on any atom is 0.336 e. The van der Waals surface area contributed by atoms with Crippen molar-refractivity contribution in [3.63, 3.8) is 0 Å². The van der Waals surface area contributed by atoms with E-state index in [9.17, 15) is 14.7 Å². The molecule has 0 atom stereocenters. The first-order chi connectivity index (χ1) is 9.47. The van der Waals surface area contributed by atoms with Crippen molar-refractivity contribution in [2.45, 2.75) is 24.2 Å². The van der Waals surface area contributed by atoms with Crippen LogP contribution in [-0.4, -0.2) is 29.9 Å². The summed E-state index contributed by atoms with van der Waals surface area (Å²) in [5.74, 6) is -0.531. The van der Waals surface area contributed by atoms with E-state index in [4.69, 9.17) is 10.5 Å². The average Bonchev–Trinajstić information content (AvgIpc) is 3.16. The molecule has 1 aromatic carbocycles. The van der Waals surface area contributed by atoms with E-state index in [2.05, 4.69) is 0 Å². The monoisotopic (exact) mass is 295 g/mol. The Hall–Kier alpha value is -1.69. The van der Waals surface area contributed by atoms with Gasteiger partial charge in [0.15, 0.2) is 0 Å². The minimum absolute atomic E-state index is 0.0597. The molecule has 1 aliphatic rings. The molecular weight excluding hydrogens is 278 g/mol. The third-order valence-corrected chi connectivity index (χ3v) is 5.00. The number of carboxylic acid groups (broad SMARTS) is 1. The zero-order valence-electron chi connectivity index (χ0n) is 11.2. The van der Waals surface area contributed by atoms with Crippen molar-refractivity contribution < 1.29 is 19.4 Å². The van der Waals surface area contributed by atoms with Crippen molar-refractivity contribution in [1.82, 2.24) is 0 Å². The standard InChI is InChI=1S/C14H17NO4S/c1-19-11(16)7-14(5-6-14)8-20-12-9(13(17)18)3-2-4-10(12)15/h2-4H,5-8,15H2,1H3,(H,17,18). The fraction of sp³-hybridized carbons (Fsp3) is 0.429. The van der Waals surface area contributed by atoms with Crippen molar-refractivity contribution in [3.8, 4) is 0 Å². The Morgan fingerprint density at radius 2 is 2.15 bits per heavy atom. The fourth-order valence-corrected chi connectivity index (χ4v) is 3.42. The first kappa shape index (κ1) is 14.7. The van der Waals surface area contributed by atoms with Gasteiger partial charge >= 0.3 is 11.9 Å². The van der Waals surface area contributed by atoms with Gasteiger partial charge in [0.05, 0.1) is 19.1 Å². The third kappa shape index (κ3) is 3.25. The first-order valence-electron chi connectivity index (χ1n) is 6.29. The van der Waals surface area contributed by atoms with Gasteiger partial charge < -0.3 is 15.6 Å². The van der Waals surface area contributed by atoms with Gasteiger partial charge in [-0.05, 0) is 30.4 Å². The molecule has 0 saturated heterocycles. The van der Waals surface area contributed by atoms with E-state index in [1.807, 2.05) is 0 Å². The van der Waals surface area contributed by atoms with Gasteiger partial charge in [-0.25, -0.2) is 4.79 Å². The molecule has 0 radical (unpaired) electrons. The number of methoxy groups -OCH3 is 1. The largest absolute Gasteiger partial charge is 0.478 e. The smallest absolute Gasteiger partial charge is 0.336 e. The second-order valence-corrected chi connectivity index (χ2v) is 6.06. The number of hydrogen-bond acceptors (Lipinski definition) is 5. The van der Waals surface area contributed by atoms with Gasteiger partial charge in [-0.1, -0.05) is 6.07 Å². The van der Waals surface area contributed by atoms with E-state index < -0.39 is 5.97 Å². The highest BCUT2D eigenvalue weighted by Crippen LogP contribution is 2.52. The lowest BCUT2D eigenvalue weighted by Gasteiger charge is -2.15. The number of ether oxygens (including phenoxy) is 1. The maximum atomic E-state index is 11.4. The molecule has 5 nitrogen and oxygen atoms in total. The Bertz CT molecular complexity index is 540. The number of carbonyl (C=O) groups excluding carboxylic acids is 1. The second kappa shape index (κ2) is 5.75. The summed E-state index contributed by atoms with van der Waals surface area (Å²) < 4.78 is 4.70. The summed E-state index contributed by atoms with van der Waals surface area (Å²) in [6.45, 7) is 0. The van der Waals surface area contributed by atoms with E-state index in [1.54, 1.807) is 18.2 Å². The highest BCUT2D eigenvalue weighted by molar-refractivity contribution is 7.99. The van der Waals surface area contributed by atoms with Crippen LogP contribution in [-0.2, 0) is 9.53 Å². The Kier molecular flexibility index (Phi) is 4.23. The third-order valence-electron chi connectivity index (χ3n) is 3.50. The lowest BCUT2D eigenvalue weighted by molar-refractivity contribution is -0.141. The maximum absolute atomic E-state index is 11.4. The number of carboxylic acids is 1. The SMILES string of the molecule is COC(=O)CC1(CSc2c(N)cccc2C(=O)O)CC1. The van der Waals surface area contributed by atoms with E-state index in [0.717, 1.165) is 12.8 Å². The summed E-state index contributed by atoms with van der Waals surface area (Å²) >= 11 is 1.41. The number of hydrogen-bond donors (Lipinski definition) is 2. The summed E-state index contributed by atoms with van der Waals surface area (Å²) in [6, 6.07) is 4.86. The summed E-state index contributed by atoms with van der Waals surface area (Å²) in [5.41, 5.74) is 6.47. The van der Waals surface area contributed by atoms with Crippen LogP contribution in [0.4, 0.5) is 5.69 Å². The van der Waals surface area contributed by atoms with Gasteiger partial charge in [0.2, 0.25) is 0 Å². The zero-order chi connectivity index (χ0) is 14.8. The second-order valence-electron chi connectivity index (χ2n) is 5.07. The van der Waals surface area contributed by atoms with E-state index in [-0.39, 0.29) is 16.9 Å². The minimum Gasteiger partial charge on any atom is -0.478 e. The van der Waals surface area contributed by atoms with Crippen molar-refractivity contribution in [1.29, 1.82) is 0 Å². The van der Waals surface area contributed by atoms with Crippen LogP contribution in [0.1, 0.15) is 29.6 Å². The lowest BCUT2D eigenvalue weighted by Crippen LogP contribution is -2.13. The van der Waals surface area contributed by atoms with E-state index in [0.29, 0.717) is 22.8 Å².